The summed E-state index contributed by atoms with van der Waals surface area (Å²) in [5.74, 6) is 0.954. The SMILES string of the molecule is Cc1ccc2c(c1)-c1nn(-c3ccc(Cl)cc3)c(=O)cc1CCS2. The zero-order valence-electron chi connectivity index (χ0n) is 13.1. The molecule has 1 aliphatic heterocycles. The Morgan fingerprint density at radius 1 is 1.12 bits per heavy atom. The number of hydrogen-bond acceptors (Lipinski definition) is 3. The molecule has 0 bridgehead atoms. The molecule has 0 saturated heterocycles. The lowest BCUT2D eigenvalue weighted by Gasteiger charge is -2.12. The summed E-state index contributed by atoms with van der Waals surface area (Å²) in [5, 5.41) is 5.34. The van der Waals surface area contributed by atoms with E-state index < -0.39 is 0 Å². The molecule has 0 saturated carbocycles. The molecule has 3 aromatic rings. The van der Waals surface area contributed by atoms with Crippen LogP contribution in [0.2, 0.25) is 5.02 Å². The van der Waals surface area contributed by atoms with E-state index in [-0.39, 0.29) is 5.56 Å². The standard InChI is InChI=1S/C19H15ClN2OS/c1-12-2-7-17-16(10-12)19-13(8-9-24-17)11-18(23)22(21-19)15-5-3-14(20)4-6-15/h2-7,10-11H,8-9H2,1H3. The van der Waals surface area contributed by atoms with E-state index in [4.69, 9.17) is 16.7 Å². The number of hydrogen-bond donors (Lipinski definition) is 0. The molecule has 4 rings (SSSR count). The van der Waals surface area contributed by atoms with Gasteiger partial charge >= 0.3 is 0 Å². The Balaban J connectivity index is 1.96. The Labute approximate surface area is 149 Å². The fourth-order valence-corrected chi connectivity index (χ4v) is 4.05. The van der Waals surface area contributed by atoms with Crippen molar-refractivity contribution in [3.63, 3.8) is 0 Å². The number of nitrogens with zero attached hydrogens (tertiary/aromatic N) is 2. The van der Waals surface area contributed by atoms with E-state index in [1.54, 1.807) is 18.2 Å². The Morgan fingerprint density at radius 2 is 1.92 bits per heavy atom. The van der Waals surface area contributed by atoms with Crippen LogP contribution in [0.1, 0.15) is 11.1 Å². The van der Waals surface area contributed by atoms with Gasteiger partial charge in [-0.25, -0.2) is 0 Å². The van der Waals surface area contributed by atoms with Crippen LogP contribution in [0, 0.1) is 6.92 Å². The number of fused-ring (bicyclic) bond motifs is 3. The molecule has 1 aromatic heterocycles. The second-order valence-electron chi connectivity index (χ2n) is 5.84. The molecule has 2 heterocycles. The van der Waals surface area contributed by atoms with Gasteiger partial charge in [-0.15, -0.1) is 11.8 Å². The largest absolute Gasteiger partial charge is 0.271 e. The highest BCUT2D eigenvalue weighted by Gasteiger charge is 2.18. The third-order valence-corrected chi connectivity index (χ3v) is 5.43. The normalized spacial score (nSPS) is 13.1. The zero-order chi connectivity index (χ0) is 16.7. The van der Waals surface area contributed by atoms with Gasteiger partial charge in [-0.1, -0.05) is 23.2 Å². The number of thioether (sulfide) groups is 1. The van der Waals surface area contributed by atoms with E-state index in [9.17, 15) is 4.79 Å². The maximum absolute atomic E-state index is 12.5. The summed E-state index contributed by atoms with van der Waals surface area (Å²) in [6.45, 7) is 2.07. The lowest BCUT2D eigenvalue weighted by molar-refractivity contribution is 0.800. The average molecular weight is 355 g/mol. The van der Waals surface area contributed by atoms with Crippen molar-refractivity contribution < 1.29 is 0 Å². The number of aryl methyl sites for hydroxylation is 2. The van der Waals surface area contributed by atoms with Gasteiger partial charge in [0.1, 0.15) is 0 Å². The molecule has 0 N–H and O–H groups in total. The molecule has 5 heteroatoms. The molecule has 3 nitrogen and oxygen atoms in total. The van der Waals surface area contributed by atoms with Gasteiger partial charge in [0.2, 0.25) is 0 Å². The molecular weight excluding hydrogens is 340 g/mol. The van der Waals surface area contributed by atoms with Crippen molar-refractivity contribution >= 4 is 23.4 Å². The highest BCUT2D eigenvalue weighted by atomic mass is 35.5. The van der Waals surface area contributed by atoms with Crippen molar-refractivity contribution in [2.45, 2.75) is 18.2 Å². The van der Waals surface area contributed by atoms with Crippen LogP contribution in [0.15, 0.2) is 58.2 Å². The van der Waals surface area contributed by atoms with Crippen molar-refractivity contribution in [1.82, 2.24) is 9.78 Å². The van der Waals surface area contributed by atoms with E-state index in [1.807, 2.05) is 23.9 Å². The summed E-state index contributed by atoms with van der Waals surface area (Å²) in [6, 6.07) is 15.3. The maximum Gasteiger partial charge on any atom is 0.271 e. The van der Waals surface area contributed by atoms with Crippen LogP contribution in [-0.4, -0.2) is 15.5 Å². The first kappa shape index (κ1) is 15.5. The lowest BCUT2D eigenvalue weighted by Crippen LogP contribution is -2.22. The average Bonchev–Trinajstić information content (AvgIpc) is 2.74. The van der Waals surface area contributed by atoms with Gasteiger partial charge in [-0.3, -0.25) is 4.79 Å². The van der Waals surface area contributed by atoms with Gasteiger partial charge in [0.05, 0.1) is 11.4 Å². The maximum atomic E-state index is 12.5. The third kappa shape index (κ3) is 2.76. The summed E-state index contributed by atoms with van der Waals surface area (Å²) in [7, 11) is 0. The third-order valence-electron chi connectivity index (χ3n) is 4.10. The van der Waals surface area contributed by atoms with Gasteiger partial charge in [0.15, 0.2) is 0 Å². The van der Waals surface area contributed by atoms with Crippen LogP contribution in [0.3, 0.4) is 0 Å². The topological polar surface area (TPSA) is 34.9 Å². The van der Waals surface area contributed by atoms with Crippen LogP contribution in [-0.2, 0) is 6.42 Å². The van der Waals surface area contributed by atoms with Crippen LogP contribution in [0.5, 0.6) is 0 Å². The first-order chi connectivity index (χ1) is 11.6. The molecule has 0 aliphatic carbocycles. The van der Waals surface area contributed by atoms with Crippen molar-refractivity contribution in [3.05, 3.63) is 75.0 Å². The molecular formula is C19H15ClN2OS. The Morgan fingerprint density at radius 3 is 2.71 bits per heavy atom. The van der Waals surface area contributed by atoms with E-state index in [0.717, 1.165) is 34.7 Å². The molecule has 0 atom stereocenters. The van der Waals surface area contributed by atoms with Gasteiger partial charge in [-0.05, 0) is 55.3 Å². The van der Waals surface area contributed by atoms with Crippen molar-refractivity contribution in [1.29, 1.82) is 0 Å². The Kier molecular flexibility index (Phi) is 3.94. The highest BCUT2D eigenvalue weighted by molar-refractivity contribution is 7.99. The number of aromatic nitrogens is 2. The van der Waals surface area contributed by atoms with Crippen molar-refractivity contribution in [2.24, 2.45) is 0 Å². The van der Waals surface area contributed by atoms with Crippen LogP contribution in [0.25, 0.3) is 16.9 Å². The van der Waals surface area contributed by atoms with Gasteiger partial charge in [0, 0.05) is 27.3 Å². The predicted molar refractivity (Wildman–Crippen MR) is 99.4 cm³/mol. The number of benzene rings is 2. The second kappa shape index (κ2) is 6.11. The lowest BCUT2D eigenvalue weighted by atomic mass is 10.0. The first-order valence-electron chi connectivity index (χ1n) is 7.75. The number of rotatable bonds is 1. The molecule has 120 valence electrons. The summed E-state index contributed by atoms with van der Waals surface area (Å²) in [4.78, 5) is 13.7. The fraction of sp³-hybridized carbons (Fsp3) is 0.158. The predicted octanol–water partition coefficient (Wildman–Crippen LogP) is 4.51. The van der Waals surface area contributed by atoms with E-state index in [0.29, 0.717) is 5.02 Å². The smallest absolute Gasteiger partial charge is 0.267 e. The van der Waals surface area contributed by atoms with Crippen LogP contribution in [0.4, 0.5) is 0 Å². The number of halogens is 1. The van der Waals surface area contributed by atoms with Crippen LogP contribution >= 0.6 is 23.4 Å². The minimum Gasteiger partial charge on any atom is -0.267 e. The van der Waals surface area contributed by atoms with E-state index >= 15 is 0 Å². The van der Waals surface area contributed by atoms with Crippen molar-refractivity contribution in [3.8, 4) is 16.9 Å². The Hall–Kier alpha value is -2.04. The minimum atomic E-state index is -0.114. The summed E-state index contributed by atoms with van der Waals surface area (Å²) in [5.41, 5.74) is 4.81. The highest BCUT2D eigenvalue weighted by Crippen LogP contribution is 2.36. The fourth-order valence-electron chi connectivity index (χ4n) is 2.90. The molecule has 0 spiro atoms. The van der Waals surface area contributed by atoms with Gasteiger partial charge in [-0.2, -0.15) is 9.78 Å². The molecule has 2 aromatic carbocycles. The van der Waals surface area contributed by atoms with E-state index in [2.05, 4.69) is 25.1 Å². The summed E-state index contributed by atoms with van der Waals surface area (Å²) < 4.78 is 1.46. The van der Waals surface area contributed by atoms with Crippen molar-refractivity contribution in [2.75, 3.05) is 5.75 Å². The van der Waals surface area contributed by atoms with Gasteiger partial charge in [0.25, 0.3) is 5.56 Å². The Bertz CT molecular complexity index is 980. The second-order valence-corrected chi connectivity index (χ2v) is 7.42. The minimum absolute atomic E-state index is 0.114. The first-order valence-corrected chi connectivity index (χ1v) is 9.11. The van der Waals surface area contributed by atoms with Crippen LogP contribution < -0.4 is 5.56 Å². The molecule has 0 radical (unpaired) electrons. The molecule has 24 heavy (non-hydrogen) atoms. The molecule has 0 unspecified atom stereocenters. The summed E-state index contributed by atoms with van der Waals surface area (Å²) in [6.07, 6.45) is 0.845. The zero-order valence-corrected chi connectivity index (χ0v) is 14.7. The molecule has 1 aliphatic rings. The molecule has 0 amide bonds. The van der Waals surface area contributed by atoms with Gasteiger partial charge < -0.3 is 0 Å². The quantitative estimate of drug-likeness (QED) is 0.645. The molecule has 0 fully saturated rings. The van der Waals surface area contributed by atoms with E-state index in [1.165, 1.54) is 15.1 Å². The monoisotopic (exact) mass is 354 g/mol. The summed E-state index contributed by atoms with van der Waals surface area (Å²) >= 11 is 7.77.